The molecule has 2 rings (SSSR count). The molecule has 0 radical (unpaired) electrons. The van der Waals surface area contributed by atoms with E-state index in [0.717, 1.165) is 24.2 Å². The van der Waals surface area contributed by atoms with Gasteiger partial charge in [0.15, 0.2) is 5.96 Å². The van der Waals surface area contributed by atoms with Gasteiger partial charge in [0.2, 0.25) is 0 Å². The molecule has 5 nitrogen and oxygen atoms in total. The zero-order valence-corrected chi connectivity index (χ0v) is 13.1. The highest BCUT2D eigenvalue weighted by molar-refractivity contribution is 5.80. The first-order valence-electron chi connectivity index (χ1n) is 7.40. The molecule has 1 fully saturated rings. The molecule has 1 saturated carbocycles. The van der Waals surface area contributed by atoms with Crippen LogP contribution in [-0.2, 0) is 11.3 Å². The summed E-state index contributed by atoms with van der Waals surface area (Å²) in [5, 5.41) is 6.73. The predicted octanol–water partition coefficient (Wildman–Crippen LogP) is 1.79. The van der Waals surface area contributed by atoms with Crippen LogP contribution in [0.1, 0.15) is 18.9 Å². The van der Waals surface area contributed by atoms with Crippen molar-refractivity contribution in [2.75, 3.05) is 27.4 Å². The van der Waals surface area contributed by atoms with Crippen LogP contribution in [0.25, 0.3) is 0 Å². The number of aliphatic imine (C=N–C) groups is 1. The van der Waals surface area contributed by atoms with Crippen LogP contribution in [0.5, 0.6) is 5.75 Å². The highest BCUT2D eigenvalue weighted by Gasteiger charge is 2.33. The van der Waals surface area contributed by atoms with E-state index in [1.54, 1.807) is 14.2 Å². The zero-order chi connectivity index (χ0) is 15.1. The molecule has 116 valence electrons. The van der Waals surface area contributed by atoms with Crippen molar-refractivity contribution in [3.63, 3.8) is 0 Å². The minimum Gasteiger partial charge on any atom is -0.491 e. The normalized spacial score (nSPS) is 21.0. The number of guanidine groups is 1. The summed E-state index contributed by atoms with van der Waals surface area (Å²) in [5.41, 5.74) is 1.20. The van der Waals surface area contributed by atoms with Crippen molar-refractivity contribution in [1.82, 2.24) is 10.6 Å². The minimum absolute atomic E-state index is 0.574. The number of rotatable bonds is 7. The van der Waals surface area contributed by atoms with E-state index in [4.69, 9.17) is 9.47 Å². The Hall–Kier alpha value is -1.75. The maximum Gasteiger partial charge on any atom is 0.191 e. The molecule has 0 spiro atoms. The Morgan fingerprint density at radius 3 is 2.57 bits per heavy atom. The van der Waals surface area contributed by atoms with Gasteiger partial charge in [0, 0.05) is 26.7 Å². The molecular formula is C16H25N3O2. The van der Waals surface area contributed by atoms with Crippen LogP contribution in [0, 0.1) is 5.92 Å². The largest absolute Gasteiger partial charge is 0.491 e. The monoisotopic (exact) mass is 291 g/mol. The predicted molar refractivity (Wildman–Crippen MR) is 84.7 cm³/mol. The van der Waals surface area contributed by atoms with Crippen LogP contribution in [0.3, 0.4) is 0 Å². The molecule has 0 heterocycles. The number of nitrogens with zero attached hydrogens (tertiary/aromatic N) is 1. The van der Waals surface area contributed by atoms with Gasteiger partial charge in [0.1, 0.15) is 12.4 Å². The SMILES string of the molecule is CN=C(NCc1ccc(OCCOC)cc1)NC1CC1C. The molecule has 0 aromatic heterocycles. The molecule has 1 aromatic carbocycles. The first kappa shape index (κ1) is 15.6. The molecule has 2 N–H and O–H groups in total. The molecule has 0 aliphatic heterocycles. The van der Waals surface area contributed by atoms with Crippen LogP contribution in [0.4, 0.5) is 0 Å². The molecule has 1 aromatic rings. The van der Waals surface area contributed by atoms with Gasteiger partial charge in [-0.25, -0.2) is 0 Å². The van der Waals surface area contributed by atoms with Gasteiger partial charge in [-0.2, -0.15) is 0 Å². The summed E-state index contributed by atoms with van der Waals surface area (Å²) in [6, 6.07) is 8.65. The smallest absolute Gasteiger partial charge is 0.191 e. The average Bonchev–Trinajstić information content (AvgIpc) is 3.20. The van der Waals surface area contributed by atoms with Crippen LogP contribution in [-0.4, -0.2) is 39.4 Å². The zero-order valence-electron chi connectivity index (χ0n) is 13.1. The van der Waals surface area contributed by atoms with Crippen molar-refractivity contribution in [3.05, 3.63) is 29.8 Å². The van der Waals surface area contributed by atoms with Crippen molar-refractivity contribution >= 4 is 5.96 Å². The van der Waals surface area contributed by atoms with Gasteiger partial charge in [-0.05, 0) is 30.0 Å². The first-order valence-corrected chi connectivity index (χ1v) is 7.40. The van der Waals surface area contributed by atoms with E-state index < -0.39 is 0 Å². The van der Waals surface area contributed by atoms with Gasteiger partial charge in [-0.1, -0.05) is 19.1 Å². The third-order valence-electron chi connectivity index (χ3n) is 3.59. The van der Waals surface area contributed by atoms with E-state index in [2.05, 4.69) is 34.7 Å². The Bertz CT molecular complexity index is 459. The fourth-order valence-corrected chi connectivity index (χ4v) is 2.03. The Balaban J connectivity index is 1.74. The topological polar surface area (TPSA) is 54.9 Å². The summed E-state index contributed by atoms with van der Waals surface area (Å²) in [4.78, 5) is 4.24. The molecule has 0 bridgehead atoms. The number of hydrogen-bond acceptors (Lipinski definition) is 3. The van der Waals surface area contributed by atoms with Crippen molar-refractivity contribution in [2.24, 2.45) is 10.9 Å². The molecule has 21 heavy (non-hydrogen) atoms. The summed E-state index contributed by atoms with van der Waals surface area (Å²) in [7, 11) is 3.47. The van der Waals surface area contributed by atoms with Crippen molar-refractivity contribution < 1.29 is 9.47 Å². The van der Waals surface area contributed by atoms with Crippen molar-refractivity contribution in [3.8, 4) is 5.75 Å². The van der Waals surface area contributed by atoms with E-state index in [-0.39, 0.29) is 0 Å². The lowest BCUT2D eigenvalue weighted by atomic mass is 10.2. The van der Waals surface area contributed by atoms with E-state index in [1.807, 2.05) is 12.1 Å². The van der Waals surface area contributed by atoms with Crippen LogP contribution in [0.15, 0.2) is 29.3 Å². The molecule has 2 unspecified atom stereocenters. The summed E-state index contributed by atoms with van der Waals surface area (Å²) in [6.45, 7) is 4.17. The molecule has 5 heteroatoms. The number of methoxy groups -OCH3 is 1. The standard InChI is InChI=1S/C16H25N3O2/c1-12-10-15(12)19-16(17-2)18-11-13-4-6-14(7-5-13)21-9-8-20-3/h4-7,12,15H,8-11H2,1-3H3,(H2,17,18,19). The number of hydrogen-bond donors (Lipinski definition) is 2. The number of ether oxygens (including phenoxy) is 2. The Labute approximate surface area is 126 Å². The van der Waals surface area contributed by atoms with Gasteiger partial charge in [-0.15, -0.1) is 0 Å². The van der Waals surface area contributed by atoms with E-state index in [1.165, 1.54) is 12.0 Å². The molecule has 2 atom stereocenters. The molecule has 0 saturated heterocycles. The van der Waals surface area contributed by atoms with Gasteiger partial charge in [-0.3, -0.25) is 4.99 Å². The Kier molecular flexibility index (Phi) is 5.87. The molecule has 1 aliphatic rings. The summed E-state index contributed by atoms with van der Waals surface area (Å²) in [5.74, 6) is 2.49. The van der Waals surface area contributed by atoms with Gasteiger partial charge < -0.3 is 20.1 Å². The van der Waals surface area contributed by atoms with E-state index in [0.29, 0.717) is 19.3 Å². The average molecular weight is 291 g/mol. The Morgan fingerprint density at radius 2 is 2.00 bits per heavy atom. The fourth-order valence-electron chi connectivity index (χ4n) is 2.03. The molecular weight excluding hydrogens is 266 g/mol. The van der Waals surface area contributed by atoms with E-state index in [9.17, 15) is 0 Å². The second-order valence-corrected chi connectivity index (χ2v) is 5.37. The maximum absolute atomic E-state index is 5.54. The number of nitrogens with one attached hydrogen (secondary N) is 2. The third-order valence-corrected chi connectivity index (χ3v) is 3.59. The first-order chi connectivity index (χ1) is 10.2. The second kappa shape index (κ2) is 7.88. The number of benzene rings is 1. The lowest BCUT2D eigenvalue weighted by Gasteiger charge is -2.12. The fraction of sp³-hybridized carbons (Fsp3) is 0.562. The van der Waals surface area contributed by atoms with Crippen LogP contribution < -0.4 is 15.4 Å². The van der Waals surface area contributed by atoms with Gasteiger partial charge in [0.05, 0.1) is 6.61 Å². The van der Waals surface area contributed by atoms with Crippen LogP contribution >= 0.6 is 0 Å². The van der Waals surface area contributed by atoms with Crippen molar-refractivity contribution in [1.29, 1.82) is 0 Å². The van der Waals surface area contributed by atoms with Crippen molar-refractivity contribution in [2.45, 2.75) is 25.9 Å². The minimum atomic E-state index is 0.574. The summed E-state index contributed by atoms with van der Waals surface area (Å²) in [6.07, 6.45) is 1.23. The highest BCUT2D eigenvalue weighted by atomic mass is 16.5. The lowest BCUT2D eigenvalue weighted by Crippen LogP contribution is -2.38. The lowest BCUT2D eigenvalue weighted by molar-refractivity contribution is 0.146. The molecule has 0 amide bonds. The summed E-state index contributed by atoms with van der Waals surface area (Å²) < 4.78 is 10.5. The quantitative estimate of drug-likeness (QED) is 0.457. The third kappa shape index (κ3) is 5.27. The van der Waals surface area contributed by atoms with Crippen LogP contribution in [0.2, 0.25) is 0 Å². The van der Waals surface area contributed by atoms with Gasteiger partial charge in [0.25, 0.3) is 0 Å². The second-order valence-electron chi connectivity index (χ2n) is 5.37. The maximum atomic E-state index is 5.54. The van der Waals surface area contributed by atoms with E-state index >= 15 is 0 Å². The molecule has 1 aliphatic carbocycles. The summed E-state index contributed by atoms with van der Waals surface area (Å²) >= 11 is 0. The Morgan fingerprint density at radius 1 is 1.29 bits per heavy atom. The van der Waals surface area contributed by atoms with Gasteiger partial charge >= 0.3 is 0 Å². The highest BCUT2D eigenvalue weighted by Crippen LogP contribution is 2.28.